The molecule has 0 aromatic rings. The molecule has 0 heterocycles. The molecule has 0 aliphatic heterocycles. The average molecular weight is 377 g/mol. The summed E-state index contributed by atoms with van der Waals surface area (Å²) in [6.07, 6.45) is 1.20. The molecule has 0 amide bonds. The lowest BCUT2D eigenvalue weighted by atomic mass is 10.1. The second-order valence-electron chi connectivity index (χ2n) is 5.61. The van der Waals surface area contributed by atoms with E-state index in [0.717, 1.165) is 0 Å². The Hall–Kier alpha value is -0.0500. The minimum absolute atomic E-state index is 0. The number of nitrogens with two attached hydrogens (primary N) is 1. The first-order valence-corrected chi connectivity index (χ1v) is 7.02. The zero-order chi connectivity index (χ0) is 13.2. The highest BCUT2D eigenvalue weighted by molar-refractivity contribution is 14.0. The van der Waals surface area contributed by atoms with Crippen LogP contribution >= 0.6 is 24.0 Å². The summed E-state index contributed by atoms with van der Waals surface area (Å²) >= 11 is 0. The summed E-state index contributed by atoms with van der Waals surface area (Å²) in [5.74, 6) is 0.268. The van der Waals surface area contributed by atoms with E-state index in [1.54, 1.807) is 13.8 Å². The smallest absolute Gasteiger partial charge is 0.189 e. The van der Waals surface area contributed by atoms with Gasteiger partial charge in [-0.2, -0.15) is 0 Å². The fraction of sp³-hybridized carbons (Fsp3) is 0.900. The molecular formula is C10H24IN3O2S. The van der Waals surface area contributed by atoms with Crippen molar-refractivity contribution in [2.24, 2.45) is 10.7 Å². The third kappa shape index (κ3) is 7.80. The third-order valence-electron chi connectivity index (χ3n) is 2.14. The molecule has 0 saturated carbocycles. The van der Waals surface area contributed by atoms with E-state index in [1.165, 1.54) is 6.26 Å². The molecule has 0 atom stereocenters. The highest BCUT2D eigenvalue weighted by Crippen LogP contribution is 2.15. The van der Waals surface area contributed by atoms with Crippen LogP contribution in [0.4, 0.5) is 0 Å². The lowest BCUT2D eigenvalue weighted by Crippen LogP contribution is -2.46. The maximum absolute atomic E-state index is 11.4. The van der Waals surface area contributed by atoms with E-state index in [1.807, 2.05) is 20.8 Å². The van der Waals surface area contributed by atoms with Gasteiger partial charge in [0.05, 0.1) is 11.3 Å². The average Bonchev–Trinajstić information content (AvgIpc) is 1.95. The summed E-state index contributed by atoms with van der Waals surface area (Å²) in [7, 11) is -3.13. The molecule has 0 radical (unpaired) electrons. The Morgan fingerprint density at radius 1 is 1.24 bits per heavy atom. The molecule has 17 heavy (non-hydrogen) atoms. The van der Waals surface area contributed by atoms with Crippen LogP contribution in [-0.4, -0.2) is 37.5 Å². The van der Waals surface area contributed by atoms with Crippen molar-refractivity contribution >= 4 is 39.8 Å². The Morgan fingerprint density at radius 3 is 1.94 bits per heavy atom. The molecule has 0 unspecified atom stereocenters. The predicted molar refractivity (Wildman–Crippen MR) is 83.7 cm³/mol. The molecule has 5 nitrogen and oxygen atoms in total. The summed E-state index contributed by atoms with van der Waals surface area (Å²) in [6, 6.07) is 0. The quantitative estimate of drug-likeness (QED) is 0.439. The van der Waals surface area contributed by atoms with Crippen molar-refractivity contribution in [3.8, 4) is 0 Å². The predicted octanol–water partition coefficient (Wildman–Crippen LogP) is 1.13. The molecular weight excluding hydrogens is 353 g/mol. The number of hydrogen-bond acceptors (Lipinski definition) is 3. The molecule has 0 fully saturated rings. The maximum atomic E-state index is 11.4. The van der Waals surface area contributed by atoms with E-state index in [-0.39, 0.29) is 42.0 Å². The van der Waals surface area contributed by atoms with Crippen LogP contribution in [0.5, 0.6) is 0 Å². The number of guanidine groups is 1. The summed E-state index contributed by atoms with van der Waals surface area (Å²) < 4.78 is 21.9. The van der Waals surface area contributed by atoms with Gasteiger partial charge in [-0.3, -0.25) is 4.99 Å². The molecule has 0 bridgehead atoms. The van der Waals surface area contributed by atoms with E-state index in [9.17, 15) is 8.42 Å². The molecule has 0 aliphatic rings. The Kier molecular flexibility index (Phi) is 7.05. The van der Waals surface area contributed by atoms with Crippen molar-refractivity contribution in [3.05, 3.63) is 0 Å². The number of nitrogens with one attached hydrogen (secondary N) is 1. The van der Waals surface area contributed by atoms with Crippen molar-refractivity contribution in [3.63, 3.8) is 0 Å². The summed E-state index contributed by atoms with van der Waals surface area (Å²) in [4.78, 5) is 4.05. The van der Waals surface area contributed by atoms with Crippen LogP contribution in [0.25, 0.3) is 0 Å². The van der Waals surface area contributed by atoms with Crippen LogP contribution < -0.4 is 11.1 Å². The van der Waals surface area contributed by atoms with Crippen molar-refractivity contribution in [1.29, 1.82) is 0 Å². The maximum Gasteiger partial charge on any atom is 0.189 e. The van der Waals surface area contributed by atoms with E-state index >= 15 is 0 Å². The van der Waals surface area contributed by atoms with Gasteiger partial charge in [0, 0.05) is 11.8 Å². The lowest BCUT2D eigenvalue weighted by molar-refractivity contribution is 0.506. The van der Waals surface area contributed by atoms with Gasteiger partial charge < -0.3 is 11.1 Å². The van der Waals surface area contributed by atoms with Crippen molar-refractivity contribution < 1.29 is 8.42 Å². The van der Waals surface area contributed by atoms with Gasteiger partial charge in [-0.05, 0) is 34.6 Å². The Balaban J connectivity index is 0. The Bertz CT molecular complexity index is 370. The molecule has 0 aliphatic carbocycles. The van der Waals surface area contributed by atoms with Gasteiger partial charge in [0.2, 0.25) is 0 Å². The minimum Gasteiger partial charge on any atom is -0.370 e. The number of nitrogens with zero attached hydrogens (tertiary/aromatic N) is 1. The van der Waals surface area contributed by atoms with Gasteiger partial charge in [-0.15, -0.1) is 24.0 Å². The first-order valence-electron chi connectivity index (χ1n) is 5.13. The second-order valence-corrected chi connectivity index (χ2v) is 8.26. The van der Waals surface area contributed by atoms with Crippen molar-refractivity contribution in [1.82, 2.24) is 5.32 Å². The monoisotopic (exact) mass is 377 g/mol. The van der Waals surface area contributed by atoms with Crippen molar-refractivity contribution in [2.45, 2.75) is 44.9 Å². The third-order valence-corrected chi connectivity index (χ3v) is 4.27. The van der Waals surface area contributed by atoms with Crippen LogP contribution in [0.15, 0.2) is 4.99 Å². The lowest BCUT2D eigenvalue weighted by Gasteiger charge is -2.23. The van der Waals surface area contributed by atoms with Gasteiger partial charge in [0.25, 0.3) is 0 Å². The Labute approximate surface area is 122 Å². The molecule has 0 spiro atoms. The molecule has 0 aromatic heterocycles. The van der Waals surface area contributed by atoms with E-state index in [2.05, 4.69) is 10.3 Å². The van der Waals surface area contributed by atoms with Crippen LogP contribution in [0.3, 0.4) is 0 Å². The highest BCUT2D eigenvalue weighted by Gasteiger charge is 2.29. The fourth-order valence-corrected chi connectivity index (χ4v) is 1.12. The molecule has 0 rings (SSSR count). The van der Waals surface area contributed by atoms with Crippen LogP contribution in [0.1, 0.15) is 34.6 Å². The summed E-state index contributed by atoms with van der Waals surface area (Å²) in [5.41, 5.74) is 5.48. The van der Waals surface area contributed by atoms with Crippen LogP contribution in [0.2, 0.25) is 0 Å². The minimum atomic E-state index is -3.13. The van der Waals surface area contributed by atoms with Gasteiger partial charge in [-0.25, -0.2) is 8.42 Å². The SMILES string of the molecule is CC(C)(C)NC(N)=NCC(C)(C)S(C)(=O)=O.I. The van der Waals surface area contributed by atoms with Gasteiger partial charge >= 0.3 is 0 Å². The largest absolute Gasteiger partial charge is 0.370 e. The molecule has 0 aromatic carbocycles. The first-order chi connectivity index (χ1) is 6.85. The van der Waals surface area contributed by atoms with E-state index < -0.39 is 14.6 Å². The van der Waals surface area contributed by atoms with Crippen LogP contribution in [0, 0.1) is 0 Å². The van der Waals surface area contributed by atoms with Gasteiger partial charge in [-0.1, -0.05) is 0 Å². The van der Waals surface area contributed by atoms with E-state index in [0.29, 0.717) is 0 Å². The molecule has 0 saturated heterocycles. The molecule has 3 N–H and O–H groups in total. The molecule has 104 valence electrons. The number of halogens is 1. The topological polar surface area (TPSA) is 84.5 Å². The zero-order valence-electron chi connectivity index (χ0n) is 11.4. The summed E-state index contributed by atoms with van der Waals surface area (Å²) in [5, 5.41) is 2.98. The van der Waals surface area contributed by atoms with E-state index in [4.69, 9.17) is 5.73 Å². The fourth-order valence-electron chi connectivity index (χ4n) is 0.817. The van der Waals surface area contributed by atoms with Crippen LogP contribution in [-0.2, 0) is 9.84 Å². The number of sulfone groups is 1. The normalized spacial score (nSPS) is 14.1. The highest BCUT2D eigenvalue weighted by atomic mass is 127. The summed E-state index contributed by atoms with van der Waals surface area (Å²) in [6.45, 7) is 9.29. The number of rotatable bonds is 3. The number of hydrogen-bond donors (Lipinski definition) is 2. The van der Waals surface area contributed by atoms with Crippen molar-refractivity contribution in [2.75, 3.05) is 12.8 Å². The second kappa shape index (κ2) is 6.21. The molecule has 7 heteroatoms. The zero-order valence-corrected chi connectivity index (χ0v) is 14.5. The standard InChI is InChI=1S/C10H23N3O2S.HI/c1-9(2,3)13-8(11)12-7-10(4,5)16(6,14)15;/h7H2,1-6H3,(H3,11,12,13);1H. The van der Waals surface area contributed by atoms with Gasteiger partial charge in [0.1, 0.15) is 0 Å². The Morgan fingerprint density at radius 2 is 1.65 bits per heavy atom. The van der Waals surface area contributed by atoms with Gasteiger partial charge in [0.15, 0.2) is 15.8 Å². The first kappa shape index (κ1) is 19.3. The number of aliphatic imine (C=N–C) groups is 1.